The van der Waals surface area contributed by atoms with Crippen LogP contribution >= 0.6 is 0 Å². The van der Waals surface area contributed by atoms with Gasteiger partial charge in [-0.3, -0.25) is 19.7 Å². The molecule has 4 rings (SSSR count). The van der Waals surface area contributed by atoms with Crippen LogP contribution in [0.25, 0.3) is 0 Å². The van der Waals surface area contributed by atoms with Crippen molar-refractivity contribution in [3.8, 4) is 5.75 Å². The summed E-state index contributed by atoms with van der Waals surface area (Å²) in [5.41, 5.74) is 2.77. The summed E-state index contributed by atoms with van der Waals surface area (Å²) in [4.78, 5) is 24.4. The van der Waals surface area contributed by atoms with Crippen molar-refractivity contribution in [3.63, 3.8) is 0 Å². The molecule has 6 heteroatoms. The van der Waals surface area contributed by atoms with Crippen molar-refractivity contribution in [2.75, 3.05) is 13.1 Å². The maximum atomic E-state index is 13.6. The van der Waals surface area contributed by atoms with Crippen LogP contribution in [-0.2, 0) is 6.54 Å². The molecule has 4 heterocycles. The minimum Gasteiger partial charge on any atom is -0.507 e. The molecule has 3 aromatic heterocycles. The predicted octanol–water partition coefficient (Wildman–Crippen LogP) is 3.28. The monoisotopic (exact) mass is 390 g/mol. The number of pyridine rings is 3. The highest BCUT2D eigenvalue weighted by Crippen LogP contribution is 2.34. The molecule has 1 fully saturated rings. The van der Waals surface area contributed by atoms with Crippen molar-refractivity contribution < 1.29 is 5.11 Å². The summed E-state index contributed by atoms with van der Waals surface area (Å²) in [5.74, 6) is 0.0529. The van der Waals surface area contributed by atoms with E-state index in [0.717, 1.165) is 37.2 Å². The maximum absolute atomic E-state index is 13.6. The third-order valence-corrected chi connectivity index (χ3v) is 5.62. The van der Waals surface area contributed by atoms with Crippen LogP contribution in [-0.4, -0.2) is 37.6 Å². The average Bonchev–Trinajstić information content (AvgIpc) is 2.76. The van der Waals surface area contributed by atoms with Gasteiger partial charge in [0.25, 0.3) is 5.56 Å². The second-order valence-electron chi connectivity index (χ2n) is 7.58. The van der Waals surface area contributed by atoms with Gasteiger partial charge >= 0.3 is 0 Å². The molecule has 1 aliphatic heterocycles. The lowest BCUT2D eigenvalue weighted by molar-refractivity contribution is 0.183. The Balaban J connectivity index is 1.84. The number of hydrogen-bond acceptors (Lipinski definition) is 5. The van der Waals surface area contributed by atoms with Crippen molar-refractivity contribution in [1.82, 2.24) is 19.4 Å². The molecule has 150 valence electrons. The smallest absolute Gasteiger partial charge is 0.260 e. The highest BCUT2D eigenvalue weighted by Gasteiger charge is 2.30. The third kappa shape index (κ3) is 4.07. The van der Waals surface area contributed by atoms with Gasteiger partial charge in [0.15, 0.2) is 0 Å². The fraction of sp³-hybridized carbons (Fsp3) is 0.348. The van der Waals surface area contributed by atoms with Gasteiger partial charge < -0.3 is 9.67 Å². The van der Waals surface area contributed by atoms with E-state index in [9.17, 15) is 9.90 Å². The van der Waals surface area contributed by atoms with Crippen molar-refractivity contribution in [2.24, 2.45) is 0 Å². The van der Waals surface area contributed by atoms with Crippen LogP contribution in [0.2, 0.25) is 0 Å². The highest BCUT2D eigenvalue weighted by molar-refractivity contribution is 5.40. The molecule has 3 aromatic rings. The van der Waals surface area contributed by atoms with Gasteiger partial charge in [0.2, 0.25) is 0 Å². The summed E-state index contributed by atoms with van der Waals surface area (Å²) in [6.45, 7) is 4.03. The minimum atomic E-state index is -0.290. The van der Waals surface area contributed by atoms with Gasteiger partial charge in [-0.1, -0.05) is 12.5 Å². The van der Waals surface area contributed by atoms with Gasteiger partial charge in [-0.25, -0.2) is 0 Å². The van der Waals surface area contributed by atoms with E-state index < -0.39 is 0 Å². The lowest BCUT2D eigenvalue weighted by atomic mass is 9.95. The topological polar surface area (TPSA) is 71.2 Å². The van der Waals surface area contributed by atoms with E-state index in [1.54, 1.807) is 29.2 Å². The van der Waals surface area contributed by atoms with Crippen LogP contribution in [0, 0.1) is 6.92 Å². The number of aromatic hydroxyl groups is 1. The molecule has 1 aliphatic rings. The van der Waals surface area contributed by atoms with Gasteiger partial charge in [0.05, 0.1) is 23.8 Å². The molecule has 29 heavy (non-hydrogen) atoms. The van der Waals surface area contributed by atoms with Crippen molar-refractivity contribution in [1.29, 1.82) is 0 Å². The van der Waals surface area contributed by atoms with Crippen molar-refractivity contribution in [3.05, 3.63) is 87.9 Å². The number of piperidine rings is 1. The fourth-order valence-corrected chi connectivity index (χ4v) is 4.16. The third-order valence-electron chi connectivity index (χ3n) is 5.62. The largest absolute Gasteiger partial charge is 0.507 e. The van der Waals surface area contributed by atoms with E-state index >= 15 is 0 Å². The lowest BCUT2D eigenvalue weighted by Crippen LogP contribution is -2.39. The van der Waals surface area contributed by atoms with E-state index in [2.05, 4.69) is 14.9 Å². The zero-order chi connectivity index (χ0) is 20.2. The van der Waals surface area contributed by atoms with E-state index in [0.29, 0.717) is 17.8 Å². The second-order valence-corrected chi connectivity index (χ2v) is 7.58. The molecule has 6 nitrogen and oxygen atoms in total. The van der Waals surface area contributed by atoms with Crippen LogP contribution < -0.4 is 5.56 Å². The van der Waals surface area contributed by atoms with Gasteiger partial charge in [0.1, 0.15) is 5.75 Å². The van der Waals surface area contributed by atoms with Crippen LogP contribution in [0.3, 0.4) is 0 Å². The van der Waals surface area contributed by atoms with E-state index in [-0.39, 0.29) is 17.4 Å². The summed E-state index contributed by atoms with van der Waals surface area (Å²) in [6, 6.07) is 10.9. The number of likely N-dealkylation sites (tertiary alicyclic amines) is 1. The van der Waals surface area contributed by atoms with Crippen LogP contribution in [0.5, 0.6) is 5.75 Å². The normalized spacial score (nSPS) is 15.9. The molecular weight excluding hydrogens is 364 g/mol. The molecule has 0 aromatic carbocycles. The number of hydrogen-bond donors (Lipinski definition) is 1. The van der Waals surface area contributed by atoms with E-state index in [4.69, 9.17) is 0 Å². The standard InChI is InChI=1S/C23H26N4O2/c1-17-15-20(28)21(23(29)27(17)16-19-7-3-4-10-25-19)22(18-8-11-24-12-9-18)26-13-5-2-6-14-26/h3-4,7-12,15,22,28H,2,5-6,13-14,16H2,1H3/t22-/m0/s1. The van der Waals surface area contributed by atoms with Gasteiger partial charge in [-0.15, -0.1) is 0 Å². The zero-order valence-electron chi connectivity index (χ0n) is 16.7. The van der Waals surface area contributed by atoms with Crippen LogP contribution in [0.1, 0.15) is 47.8 Å². The summed E-state index contributed by atoms with van der Waals surface area (Å²) in [6.07, 6.45) is 8.59. The second kappa shape index (κ2) is 8.57. The Morgan fingerprint density at radius 1 is 1.07 bits per heavy atom. The quantitative estimate of drug-likeness (QED) is 0.724. The van der Waals surface area contributed by atoms with Crippen molar-refractivity contribution in [2.45, 2.75) is 38.8 Å². The molecule has 0 aliphatic carbocycles. The minimum absolute atomic E-state index is 0.0529. The zero-order valence-corrected chi connectivity index (χ0v) is 16.7. The predicted molar refractivity (Wildman–Crippen MR) is 112 cm³/mol. The molecule has 1 N–H and O–H groups in total. The molecule has 0 saturated carbocycles. The molecule has 1 atom stereocenters. The Kier molecular flexibility index (Phi) is 5.71. The van der Waals surface area contributed by atoms with Gasteiger partial charge in [-0.05, 0) is 68.8 Å². The first kappa shape index (κ1) is 19.3. The molecule has 0 radical (unpaired) electrons. The molecule has 0 spiro atoms. The number of aryl methyl sites for hydroxylation is 1. The van der Waals surface area contributed by atoms with E-state index in [1.165, 1.54) is 6.42 Å². The Bertz CT molecular complexity index is 1010. The first-order valence-corrected chi connectivity index (χ1v) is 10.1. The Morgan fingerprint density at radius 2 is 1.83 bits per heavy atom. The van der Waals surface area contributed by atoms with E-state index in [1.807, 2.05) is 37.3 Å². The molecule has 0 amide bonds. The molecule has 1 saturated heterocycles. The Labute approximate surface area is 170 Å². The van der Waals surface area contributed by atoms with Gasteiger partial charge in [0, 0.05) is 24.3 Å². The number of nitrogens with zero attached hydrogens (tertiary/aromatic N) is 4. The SMILES string of the molecule is Cc1cc(O)c([C@H](c2ccncc2)N2CCCCC2)c(=O)n1Cc1ccccn1. The fourth-order valence-electron chi connectivity index (χ4n) is 4.16. The molecule has 0 unspecified atom stereocenters. The summed E-state index contributed by atoms with van der Waals surface area (Å²) >= 11 is 0. The first-order chi connectivity index (χ1) is 14.1. The summed E-state index contributed by atoms with van der Waals surface area (Å²) in [5, 5.41) is 10.9. The first-order valence-electron chi connectivity index (χ1n) is 10.1. The molecule has 0 bridgehead atoms. The highest BCUT2D eigenvalue weighted by atomic mass is 16.3. The van der Waals surface area contributed by atoms with Crippen LogP contribution in [0.15, 0.2) is 59.8 Å². The Hall–Kier alpha value is -2.99. The van der Waals surface area contributed by atoms with Crippen LogP contribution in [0.4, 0.5) is 0 Å². The lowest BCUT2D eigenvalue weighted by Gasteiger charge is -2.35. The maximum Gasteiger partial charge on any atom is 0.260 e. The number of aromatic nitrogens is 3. The summed E-state index contributed by atoms with van der Waals surface area (Å²) < 4.78 is 1.70. The number of rotatable bonds is 5. The molecular formula is C23H26N4O2. The average molecular weight is 390 g/mol. The summed E-state index contributed by atoms with van der Waals surface area (Å²) in [7, 11) is 0. The Morgan fingerprint density at radius 3 is 2.52 bits per heavy atom. The van der Waals surface area contributed by atoms with Gasteiger partial charge in [-0.2, -0.15) is 0 Å². The van der Waals surface area contributed by atoms with Crippen molar-refractivity contribution >= 4 is 0 Å².